The lowest BCUT2D eigenvalue weighted by Gasteiger charge is -2.47. The fraction of sp³-hybridized carbons (Fsp3) is 0.692. The largest absolute Gasteiger partial charge is 0.395 e. The van der Waals surface area contributed by atoms with Crippen molar-refractivity contribution in [2.75, 3.05) is 37.7 Å². The van der Waals surface area contributed by atoms with Gasteiger partial charge in [0.15, 0.2) is 0 Å². The van der Waals surface area contributed by atoms with E-state index in [1.54, 1.807) is 13.0 Å². The van der Waals surface area contributed by atoms with E-state index in [2.05, 4.69) is 33.6 Å². The monoisotopic (exact) mass is 266 g/mol. The van der Waals surface area contributed by atoms with Crippen molar-refractivity contribution < 1.29 is 5.11 Å². The van der Waals surface area contributed by atoms with Crippen molar-refractivity contribution in [1.82, 2.24) is 14.9 Å². The molecule has 0 saturated carbocycles. The molecule has 0 amide bonds. The molecule has 0 atom stereocenters. The molecule has 1 aromatic rings. The van der Waals surface area contributed by atoms with Gasteiger partial charge in [0, 0.05) is 37.8 Å². The average Bonchev–Trinajstić information content (AvgIpc) is 2.30. The number of hydrogen-bond acceptors (Lipinski definition) is 5. The molecule has 2 heterocycles. The third-order valence-electron chi connectivity index (χ3n) is 3.61. The van der Waals surface area contributed by atoms with Crippen molar-refractivity contribution in [3.05, 3.63) is 22.2 Å². The number of nitrogens with one attached hydrogen (secondary N) is 1. The van der Waals surface area contributed by atoms with Crippen LogP contribution in [0.1, 0.15) is 19.7 Å². The summed E-state index contributed by atoms with van der Waals surface area (Å²) < 4.78 is 0. The minimum absolute atomic E-state index is 0.0425. The van der Waals surface area contributed by atoms with Crippen LogP contribution in [0.15, 0.2) is 10.9 Å². The summed E-state index contributed by atoms with van der Waals surface area (Å²) in [5.41, 5.74) is -0.155. The number of rotatable bonds is 3. The molecule has 0 bridgehead atoms. The minimum Gasteiger partial charge on any atom is -0.395 e. The zero-order chi connectivity index (χ0) is 14.0. The van der Waals surface area contributed by atoms with Gasteiger partial charge in [0.2, 0.25) is 0 Å². The fourth-order valence-electron chi connectivity index (χ4n) is 2.65. The lowest BCUT2D eigenvalue weighted by molar-refractivity contribution is 0.0810. The minimum atomic E-state index is -0.113. The Hall–Kier alpha value is -1.40. The molecule has 0 aliphatic carbocycles. The van der Waals surface area contributed by atoms with E-state index >= 15 is 0 Å². The van der Waals surface area contributed by atoms with Crippen molar-refractivity contribution in [3.8, 4) is 0 Å². The van der Waals surface area contributed by atoms with Crippen LogP contribution in [0, 0.1) is 6.92 Å². The van der Waals surface area contributed by atoms with Crippen LogP contribution in [0.4, 0.5) is 5.82 Å². The SMILES string of the molecule is Cc1nc(N2CCN(CCO)C(C)(C)C2)cc(=O)[nH]1. The molecule has 6 nitrogen and oxygen atoms in total. The van der Waals surface area contributed by atoms with E-state index in [-0.39, 0.29) is 17.7 Å². The molecule has 0 aromatic carbocycles. The fourth-order valence-corrected chi connectivity index (χ4v) is 2.65. The summed E-state index contributed by atoms with van der Waals surface area (Å²) in [6.07, 6.45) is 0. The maximum atomic E-state index is 11.5. The summed E-state index contributed by atoms with van der Waals surface area (Å²) in [7, 11) is 0. The molecule has 19 heavy (non-hydrogen) atoms. The Bertz CT molecular complexity index is 498. The van der Waals surface area contributed by atoms with Gasteiger partial charge in [-0.3, -0.25) is 9.69 Å². The third kappa shape index (κ3) is 3.13. The first kappa shape index (κ1) is 14.0. The van der Waals surface area contributed by atoms with E-state index in [1.165, 1.54) is 0 Å². The van der Waals surface area contributed by atoms with Crippen LogP contribution >= 0.6 is 0 Å². The lowest BCUT2D eigenvalue weighted by Crippen LogP contribution is -2.60. The Morgan fingerprint density at radius 2 is 2.21 bits per heavy atom. The Balaban J connectivity index is 2.18. The lowest BCUT2D eigenvalue weighted by atomic mass is 9.99. The highest BCUT2D eigenvalue weighted by Crippen LogP contribution is 2.23. The quantitative estimate of drug-likeness (QED) is 0.804. The molecule has 2 rings (SSSR count). The molecule has 0 unspecified atom stereocenters. The highest BCUT2D eigenvalue weighted by atomic mass is 16.3. The van der Waals surface area contributed by atoms with Gasteiger partial charge in [0.25, 0.3) is 5.56 Å². The molecule has 2 N–H and O–H groups in total. The molecule has 1 aliphatic rings. The molecule has 106 valence electrons. The topological polar surface area (TPSA) is 72.5 Å². The summed E-state index contributed by atoms with van der Waals surface area (Å²) in [6, 6.07) is 1.55. The summed E-state index contributed by atoms with van der Waals surface area (Å²) in [6.45, 7) is 9.42. The number of nitrogens with zero attached hydrogens (tertiary/aromatic N) is 3. The van der Waals surface area contributed by atoms with Crippen molar-refractivity contribution in [1.29, 1.82) is 0 Å². The number of aromatic nitrogens is 2. The molecule has 1 fully saturated rings. The molecule has 0 spiro atoms. The number of aliphatic hydroxyl groups excluding tert-OH is 1. The van der Waals surface area contributed by atoms with E-state index in [1.807, 2.05) is 0 Å². The number of aryl methyl sites for hydroxylation is 1. The number of hydrogen-bond donors (Lipinski definition) is 2. The molecule has 1 aromatic heterocycles. The van der Waals surface area contributed by atoms with Crippen molar-refractivity contribution >= 4 is 5.82 Å². The van der Waals surface area contributed by atoms with E-state index in [9.17, 15) is 4.79 Å². The van der Waals surface area contributed by atoms with E-state index in [0.29, 0.717) is 12.4 Å². The molecule has 1 saturated heterocycles. The van der Waals surface area contributed by atoms with Crippen molar-refractivity contribution in [3.63, 3.8) is 0 Å². The maximum Gasteiger partial charge on any atom is 0.252 e. The normalized spacial score (nSPS) is 19.7. The van der Waals surface area contributed by atoms with Crippen LogP contribution in [-0.2, 0) is 0 Å². The third-order valence-corrected chi connectivity index (χ3v) is 3.61. The summed E-state index contributed by atoms with van der Waals surface area (Å²) in [5, 5.41) is 9.09. The molecule has 6 heteroatoms. The number of β-amino-alcohol motifs (C(OH)–C–C–N with tert-alkyl or cyclic N) is 1. The number of anilines is 1. The van der Waals surface area contributed by atoms with Gasteiger partial charge in [-0.15, -0.1) is 0 Å². The van der Waals surface area contributed by atoms with Gasteiger partial charge in [-0.1, -0.05) is 0 Å². The summed E-state index contributed by atoms with van der Waals surface area (Å²) in [4.78, 5) is 23.0. The maximum absolute atomic E-state index is 11.5. The van der Waals surface area contributed by atoms with Gasteiger partial charge < -0.3 is 15.0 Å². The van der Waals surface area contributed by atoms with Gasteiger partial charge in [-0.2, -0.15) is 0 Å². The Labute approximate surface area is 113 Å². The predicted octanol–water partition coefficient (Wildman–Crippen LogP) is -0.0288. The smallest absolute Gasteiger partial charge is 0.252 e. The van der Waals surface area contributed by atoms with Crippen LogP contribution in [0.25, 0.3) is 0 Å². The van der Waals surface area contributed by atoms with Crippen LogP contribution in [0.2, 0.25) is 0 Å². The first-order valence-corrected chi connectivity index (χ1v) is 6.61. The van der Waals surface area contributed by atoms with Gasteiger partial charge >= 0.3 is 0 Å². The Morgan fingerprint density at radius 3 is 2.79 bits per heavy atom. The van der Waals surface area contributed by atoms with E-state index < -0.39 is 0 Å². The zero-order valence-corrected chi connectivity index (χ0v) is 11.8. The number of piperazine rings is 1. The van der Waals surface area contributed by atoms with Gasteiger partial charge in [0.1, 0.15) is 11.6 Å². The van der Waals surface area contributed by atoms with Gasteiger partial charge in [-0.05, 0) is 20.8 Å². The highest BCUT2D eigenvalue weighted by Gasteiger charge is 2.33. The second kappa shape index (κ2) is 5.30. The molecule has 0 radical (unpaired) electrons. The standard InChI is InChI=1S/C13H22N4O2/c1-10-14-11(8-12(19)15-10)16-4-5-17(6-7-18)13(2,3)9-16/h8,18H,4-7,9H2,1-3H3,(H,14,15,19). The van der Waals surface area contributed by atoms with Crippen LogP contribution in [-0.4, -0.2) is 58.3 Å². The Kier molecular flexibility index (Phi) is 3.91. The highest BCUT2D eigenvalue weighted by molar-refractivity contribution is 5.39. The molecular formula is C13H22N4O2. The van der Waals surface area contributed by atoms with E-state index in [0.717, 1.165) is 25.5 Å². The van der Waals surface area contributed by atoms with Crippen LogP contribution < -0.4 is 10.5 Å². The average molecular weight is 266 g/mol. The number of H-pyrrole nitrogens is 1. The predicted molar refractivity (Wildman–Crippen MR) is 74.5 cm³/mol. The second-order valence-electron chi connectivity index (χ2n) is 5.63. The van der Waals surface area contributed by atoms with Crippen LogP contribution in [0.5, 0.6) is 0 Å². The van der Waals surface area contributed by atoms with Crippen LogP contribution in [0.3, 0.4) is 0 Å². The zero-order valence-electron chi connectivity index (χ0n) is 11.8. The molecular weight excluding hydrogens is 244 g/mol. The van der Waals surface area contributed by atoms with Crippen molar-refractivity contribution in [2.24, 2.45) is 0 Å². The first-order valence-electron chi connectivity index (χ1n) is 6.61. The molecule has 1 aliphatic heterocycles. The van der Waals surface area contributed by atoms with Gasteiger partial charge in [0.05, 0.1) is 6.61 Å². The Morgan fingerprint density at radius 1 is 1.47 bits per heavy atom. The van der Waals surface area contributed by atoms with Crippen molar-refractivity contribution in [2.45, 2.75) is 26.3 Å². The second-order valence-corrected chi connectivity index (χ2v) is 5.63. The summed E-state index contributed by atoms with van der Waals surface area (Å²) in [5.74, 6) is 1.37. The van der Waals surface area contributed by atoms with Gasteiger partial charge in [-0.25, -0.2) is 4.98 Å². The number of aromatic amines is 1. The van der Waals surface area contributed by atoms with E-state index in [4.69, 9.17) is 5.11 Å². The number of aliphatic hydroxyl groups is 1. The summed E-state index contributed by atoms with van der Waals surface area (Å²) >= 11 is 0. The first-order chi connectivity index (χ1) is 8.92.